The first kappa shape index (κ1) is 15.0. The van der Waals surface area contributed by atoms with Crippen LogP contribution in [0, 0.1) is 3.57 Å². The maximum Gasteiger partial charge on any atom is 0.246 e. The van der Waals surface area contributed by atoms with E-state index in [4.69, 9.17) is 0 Å². The lowest BCUT2D eigenvalue weighted by Crippen LogP contribution is -2.28. The van der Waals surface area contributed by atoms with Gasteiger partial charge in [-0.25, -0.2) is 4.68 Å². The molecule has 5 nitrogen and oxygen atoms in total. The summed E-state index contributed by atoms with van der Waals surface area (Å²) in [5.74, 6) is -0.00227. The molecule has 0 spiro atoms. The largest absolute Gasteiger partial charge is 0.324 e. The van der Waals surface area contributed by atoms with Crippen LogP contribution in [0.1, 0.15) is 24.9 Å². The van der Waals surface area contributed by atoms with E-state index >= 15 is 0 Å². The molecule has 1 atom stereocenters. The van der Waals surface area contributed by atoms with Gasteiger partial charge in [-0.1, -0.05) is 6.92 Å². The van der Waals surface area contributed by atoms with Gasteiger partial charge in [-0.2, -0.15) is 5.10 Å². The van der Waals surface area contributed by atoms with Gasteiger partial charge in [0.2, 0.25) is 5.91 Å². The lowest BCUT2D eigenvalue weighted by atomic mass is 10.1. The third-order valence-corrected chi connectivity index (χ3v) is 4.54. The molecule has 7 heteroatoms. The Morgan fingerprint density at radius 2 is 2.33 bits per heavy atom. The molecule has 0 aliphatic carbocycles. The number of benzene rings is 1. The summed E-state index contributed by atoms with van der Waals surface area (Å²) in [7, 11) is 0. The minimum absolute atomic E-state index is 0.00227. The van der Waals surface area contributed by atoms with E-state index in [0.717, 1.165) is 37.9 Å². The molecule has 2 aromatic rings. The highest BCUT2D eigenvalue weighted by atomic mass is 127. The average Bonchev–Trinajstić information content (AvgIpc) is 2.99. The van der Waals surface area contributed by atoms with Crippen molar-refractivity contribution in [3.63, 3.8) is 0 Å². The average molecular weight is 461 g/mol. The predicted molar refractivity (Wildman–Crippen MR) is 93.6 cm³/mol. The summed E-state index contributed by atoms with van der Waals surface area (Å²) in [4.78, 5) is 12.1. The van der Waals surface area contributed by atoms with Gasteiger partial charge in [0, 0.05) is 21.9 Å². The number of carbonyl (C=O) groups excluding carboxylic acids is 1. The van der Waals surface area contributed by atoms with Crippen molar-refractivity contribution in [2.45, 2.75) is 19.4 Å². The molecule has 0 saturated heterocycles. The molecule has 110 valence electrons. The van der Waals surface area contributed by atoms with Gasteiger partial charge in [0.15, 0.2) is 0 Å². The summed E-state index contributed by atoms with van der Waals surface area (Å²) < 4.78 is 3.78. The van der Waals surface area contributed by atoms with Crippen LogP contribution in [0.15, 0.2) is 29.0 Å². The van der Waals surface area contributed by atoms with Gasteiger partial charge in [0.05, 0.1) is 15.5 Å². The lowest BCUT2D eigenvalue weighted by Gasteiger charge is -2.12. The first-order chi connectivity index (χ1) is 10.1. The zero-order valence-electron chi connectivity index (χ0n) is 11.4. The summed E-state index contributed by atoms with van der Waals surface area (Å²) in [6.45, 7) is 2.90. The molecule has 0 radical (unpaired) electrons. The van der Waals surface area contributed by atoms with Crippen LogP contribution >= 0.6 is 38.5 Å². The highest BCUT2D eigenvalue weighted by Gasteiger charge is 2.31. The van der Waals surface area contributed by atoms with E-state index in [1.165, 1.54) is 0 Å². The van der Waals surface area contributed by atoms with Crippen LogP contribution in [-0.2, 0) is 4.79 Å². The highest BCUT2D eigenvalue weighted by Crippen LogP contribution is 2.36. The Bertz CT molecular complexity index is 700. The fourth-order valence-electron chi connectivity index (χ4n) is 2.37. The van der Waals surface area contributed by atoms with Gasteiger partial charge in [-0.3, -0.25) is 4.79 Å². The fourth-order valence-corrected chi connectivity index (χ4v) is 3.30. The van der Waals surface area contributed by atoms with E-state index < -0.39 is 0 Å². The second-order valence-electron chi connectivity index (χ2n) is 4.87. The highest BCUT2D eigenvalue weighted by molar-refractivity contribution is 14.1. The molecule has 1 unspecified atom stereocenters. The topological polar surface area (TPSA) is 59.0 Å². The Morgan fingerprint density at radius 1 is 1.52 bits per heavy atom. The molecule has 3 rings (SSSR count). The van der Waals surface area contributed by atoms with Crippen LogP contribution in [0.4, 0.5) is 5.69 Å². The Kier molecular flexibility index (Phi) is 4.32. The molecule has 0 saturated carbocycles. The molecular weight excluding hydrogens is 447 g/mol. The monoisotopic (exact) mass is 460 g/mol. The molecule has 1 aromatic heterocycles. The van der Waals surface area contributed by atoms with Gasteiger partial charge in [-0.15, -0.1) is 0 Å². The molecule has 1 aliphatic rings. The van der Waals surface area contributed by atoms with Crippen molar-refractivity contribution in [1.82, 2.24) is 15.1 Å². The third kappa shape index (κ3) is 2.86. The number of rotatable bonds is 4. The van der Waals surface area contributed by atoms with Crippen molar-refractivity contribution in [2.75, 3.05) is 11.9 Å². The van der Waals surface area contributed by atoms with Gasteiger partial charge in [0.1, 0.15) is 6.04 Å². The molecule has 2 heterocycles. The number of carbonyl (C=O) groups is 1. The van der Waals surface area contributed by atoms with E-state index in [9.17, 15) is 4.79 Å². The number of anilines is 1. The van der Waals surface area contributed by atoms with E-state index in [1.54, 1.807) is 10.9 Å². The van der Waals surface area contributed by atoms with Crippen molar-refractivity contribution in [3.05, 3.63) is 38.1 Å². The van der Waals surface area contributed by atoms with Crippen molar-refractivity contribution in [2.24, 2.45) is 0 Å². The molecular formula is C14H14BrIN4O. The number of nitrogens with one attached hydrogen (secondary N) is 2. The maximum absolute atomic E-state index is 12.1. The molecule has 1 amide bonds. The molecule has 0 fully saturated rings. The van der Waals surface area contributed by atoms with Crippen LogP contribution < -0.4 is 10.6 Å². The minimum atomic E-state index is -0.275. The predicted octanol–water partition coefficient (Wildman–Crippen LogP) is 3.23. The van der Waals surface area contributed by atoms with Gasteiger partial charge < -0.3 is 10.6 Å². The number of aromatic nitrogens is 2. The van der Waals surface area contributed by atoms with Crippen molar-refractivity contribution >= 4 is 50.1 Å². The summed E-state index contributed by atoms with van der Waals surface area (Å²) in [5.41, 5.74) is 2.73. The zero-order chi connectivity index (χ0) is 15.0. The summed E-state index contributed by atoms with van der Waals surface area (Å²) >= 11 is 5.80. The van der Waals surface area contributed by atoms with Crippen molar-refractivity contribution < 1.29 is 4.79 Å². The summed E-state index contributed by atoms with van der Waals surface area (Å²) in [6, 6.07) is 3.67. The Morgan fingerprint density at radius 3 is 3.00 bits per heavy atom. The van der Waals surface area contributed by atoms with E-state index in [1.807, 2.05) is 18.3 Å². The third-order valence-electron chi connectivity index (χ3n) is 3.35. The summed E-state index contributed by atoms with van der Waals surface area (Å²) in [5, 5.41) is 10.5. The van der Waals surface area contributed by atoms with E-state index in [-0.39, 0.29) is 11.9 Å². The summed E-state index contributed by atoms with van der Waals surface area (Å²) in [6.07, 6.45) is 4.73. The van der Waals surface area contributed by atoms with Crippen LogP contribution in [0.25, 0.3) is 5.69 Å². The second kappa shape index (κ2) is 6.05. The van der Waals surface area contributed by atoms with Crippen LogP contribution in [0.5, 0.6) is 0 Å². The van der Waals surface area contributed by atoms with E-state index in [2.05, 4.69) is 61.2 Å². The van der Waals surface area contributed by atoms with Crippen LogP contribution in [-0.4, -0.2) is 22.2 Å². The maximum atomic E-state index is 12.1. The minimum Gasteiger partial charge on any atom is -0.324 e. The number of halogens is 2. The quantitative estimate of drug-likeness (QED) is 0.688. The van der Waals surface area contributed by atoms with Crippen LogP contribution in [0.2, 0.25) is 0 Å². The van der Waals surface area contributed by atoms with Crippen molar-refractivity contribution in [3.8, 4) is 5.69 Å². The van der Waals surface area contributed by atoms with E-state index in [0.29, 0.717) is 0 Å². The standard InChI is InChI=1S/C14H14BrIN4O/c1-2-3-17-13-9-4-10(15)12(5-11(9)19-14(13)21)20-7-8(16)6-18-20/h4-7,13,17H,2-3H2,1H3,(H,19,21). The molecule has 2 N–H and O–H groups in total. The lowest BCUT2D eigenvalue weighted by molar-refractivity contribution is -0.117. The SMILES string of the molecule is CCCNC1C(=O)Nc2cc(-n3cc(I)cn3)c(Br)cc21. The molecule has 0 bridgehead atoms. The number of fused-ring (bicyclic) bond motifs is 1. The number of hydrogen-bond donors (Lipinski definition) is 2. The Labute approximate surface area is 144 Å². The number of amides is 1. The first-order valence-electron chi connectivity index (χ1n) is 6.68. The van der Waals surface area contributed by atoms with Gasteiger partial charge in [0.25, 0.3) is 0 Å². The number of nitrogens with zero attached hydrogens (tertiary/aromatic N) is 2. The normalized spacial score (nSPS) is 16.9. The molecule has 1 aliphatic heterocycles. The van der Waals surface area contributed by atoms with Gasteiger partial charge in [-0.05, 0) is 63.6 Å². The van der Waals surface area contributed by atoms with Crippen LogP contribution in [0.3, 0.4) is 0 Å². The second-order valence-corrected chi connectivity index (χ2v) is 6.97. The van der Waals surface area contributed by atoms with Gasteiger partial charge >= 0.3 is 0 Å². The Balaban J connectivity index is 1.99. The smallest absolute Gasteiger partial charge is 0.246 e. The molecule has 1 aromatic carbocycles. The zero-order valence-corrected chi connectivity index (χ0v) is 15.1. The number of hydrogen-bond acceptors (Lipinski definition) is 3. The van der Waals surface area contributed by atoms with Crippen molar-refractivity contribution in [1.29, 1.82) is 0 Å². The first-order valence-corrected chi connectivity index (χ1v) is 8.55. The molecule has 21 heavy (non-hydrogen) atoms. The Hall–Kier alpha value is -0.930. The fraction of sp³-hybridized carbons (Fsp3) is 0.286.